The van der Waals surface area contributed by atoms with Gasteiger partial charge in [0, 0.05) is 11.1 Å². The predicted octanol–water partition coefficient (Wildman–Crippen LogP) is 1.25. The Labute approximate surface area is 117 Å². The third kappa shape index (κ3) is 3.79. The Bertz CT molecular complexity index is 207. The van der Waals surface area contributed by atoms with Gasteiger partial charge in [-0.25, -0.2) is 0 Å². The van der Waals surface area contributed by atoms with Gasteiger partial charge in [-0.1, -0.05) is 34.6 Å². The molecule has 0 aliphatic heterocycles. The van der Waals surface area contributed by atoms with Gasteiger partial charge in [0.1, 0.15) is 0 Å². The predicted molar refractivity (Wildman–Crippen MR) is 86.0 cm³/mol. The number of rotatable bonds is 10. The summed E-state index contributed by atoms with van der Waals surface area (Å²) >= 11 is 0. The van der Waals surface area contributed by atoms with E-state index in [1.165, 1.54) is 0 Å². The zero-order valence-corrected chi connectivity index (χ0v) is 15.5. The molecule has 18 heavy (non-hydrogen) atoms. The summed E-state index contributed by atoms with van der Waals surface area (Å²) in [6.07, 6.45) is 4.37. The summed E-state index contributed by atoms with van der Waals surface area (Å²) < 4.78 is 0. The van der Waals surface area contributed by atoms with Crippen molar-refractivity contribution in [3.05, 3.63) is 0 Å². The van der Waals surface area contributed by atoms with Crippen LogP contribution in [0.3, 0.4) is 0 Å². The van der Waals surface area contributed by atoms with Crippen LogP contribution in [-0.2, 0) is 0 Å². The largest absolute Gasteiger partial charge is 0.339 e. The van der Waals surface area contributed by atoms with Crippen LogP contribution < -0.4 is 10.7 Å². The SMILES string of the molecule is CCN(CC)CCC(N)(CC)C(CC)(CC)N[SiH3]. The highest BCUT2D eigenvalue weighted by Crippen LogP contribution is 2.32. The van der Waals surface area contributed by atoms with E-state index >= 15 is 0 Å². The standard InChI is InChI=1S/C14H35N3Si/c1-6-13(15,11-12-17(9-4)10-5)14(7-2,8-3)16-18/h16H,6-12,15H2,1-5,18H3. The van der Waals surface area contributed by atoms with E-state index in [1.54, 1.807) is 0 Å². The summed E-state index contributed by atoms with van der Waals surface area (Å²) in [7, 11) is 1.01. The molecule has 3 N–H and O–H groups in total. The van der Waals surface area contributed by atoms with Gasteiger partial charge in [0.15, 0.2) is 0 Å². The summed E-state index contributed by atoms with van der Waals surface area (Å²) in [6, 6.07) is 0. The Balaban J connectivity index is 4.86. The van der Waals surface area contributed by atoms with Crippen LogP contribution in [0.2, 0.25) is 0 Å². The summed E-state index contributed by atoms with van der Waals surface area (Å²) in [5, 5.41) is 0. The average molecular weight is 274 g/mol. The highest BCUT2D eigenvalue weighted by Gasteiger charge is 2.43. The van der Waals surface area contributed by atoms with E-state index in [0.29, 0.717) is 0 Å². The minimum Gasteiger partial charge on any atom is -0.339 e. The molecule has 0 aliphatic carbocycles. The Morgan fingerprint density at radius 3 is 1.78 bits per heavy atom. The number of nitrogens with one attached hydrogen (secondary N) is 1. The van der Waals surface area contributed by atoms with E-state index in [0.717, 1.165) is 55.7 Å². The maximum atomic E-state index is 6.80. The first kappa shape index (κ1) is 18.1. The lowest BCUT2D eigenvalue weighted by molar-refractivity contribution is 0.143. The van der Waals surface area contributed by atoms with Crippen LogP contribution in [0.1, 0.15) is 60.3 Å². The van der Waals surface area contributed by atoms with E-state index in [-0.39, 0.29) is 11.1 Å². The number of hydrogen-bond donors (Lipinski definition) is 2. The van der Waals surface area contributed by atoms with Gasteiger partial charge in [0.05, 0.1) is 10.4 Å². The van der Waals surface area contributed by atoms with Crippen LogP contribution in [0.4, 0.5) is 0 Å². The second kappa shape index (κ2) is 8.30. The van der Waals surface area contributed by atoms with Gasteiger partial charge in [-0.15, -0.1) is 0 Å². The van der Waals surface area contributed by atoms with E-state index in [9.17, 15) is 0 Å². The van der Waals surface area contributed by atoms with Gasteiger partial charge >= 0.3 is 0 Å². The third-order valence-electron chi connectivity index (χ3n) is 5.04. The molecule has 3 nitrogen and oxygen atoms in total. The molecule has 0 radical (unpaired) electrons. The first-order chi connectivity index (χ1) is 8.49. The van der Waals surface area contributed by atoms with Crippen LogP contribution in [-0.4, -0.2) is 46.0 Å². The van der Waals surface area contributed by atoms with Crippen LogP contribution in [0.15, 0.2) is 0 Å². The molecule has 0 heterocycles. The fourth-order valence-corrected chi connectivity index (χ4v) is 4.41. The Kier molecular flexibility index (Phi) is 8.35. The molecule has 0 aliphatic rings. The maximum absolute atomic E-state index is 6.80. The lowest BCUT2D eigenvalue weighted by Gasteiger charge is -2.49. The molecule has 0 fully saturated rings. The molecule has 0 saturated heterocycles. The molecule has 0 aromatic heterocycles. The minimum atomic E-state index is -0.0825. The third-order valence-corrected chi connectivity index (χ3v) is 6.00. The first-order valence-corrected chi connectivity index (χ1v) is 8.69. The topological polar surface area (TPSA) is 41.3 Å². The molecule has 110 valence electrons. The van der Waals surface area contributed by atoms with Gasteiger partial charge in [-0.2, -0.15) is 0 Å². The average Bonchev–Trinajstić information content (AvgIpc) is 2.42. The van der Waals surface area contributed by atoms with E-state index in [4.69, 9.17) is 5.73 Å². The van der Waals surface area contributed by atoms with Crippen LogP contribution in [0.25, 0.3) is 0 Å². The molecule has 0 amide bonds. The summed E-state index contributed by atoms with van der Waals surface area (Å²) in [5.74, 6) is 0. The first-order valence-electron chi connectivity index (χ1n) is 7.69. The number of hydrogen-bond acceptors (Lipinski definition) is 3. The zero-order chi connectivity index (χ0) is 14.2. The Morgan fingerprint density at radius 2 is 1.50 bits per heavy atom. The van der Waals surface area contributed by atoms with E-state index in [2.05, 4.69) is 44.5 Å². The van der Waals surface area contributed by atoms with Gasteiger partial charge in [0.25, 0.3) is 0 Å². The normalized spacial score (nSPS) is 16.2. The van der Waals surface area contributed by atoms with Crippen molar-refractivity contribution in [1.29, 1.82) is 0 Å². The van der Waals surface area contributed by atoms with Gasteiger partial charge in [-0.05, 0) is 45.3 Å². The fourth-order valence-electron chi connectivity index (χ4n) is 3.21. The molecule has 0 rings (SSSR count). The number of nitrogens with two attached hydrogens (primary N) is 1. The van der Waals surface area contributed by atoms with Gasteiger partial charge in [0.2, 0.25) is 0 Å². The molecule has 0 spiro atoms. The molecule has 0 aromatic carbocycles. The molecule has 0 aromatic rings. The van der Waals surface area contributed by atoms with Crippen molar-refractivity contribution in [2.45, 2.75) is 71.4 Å². The molecule has 0 bridgehead atoms. The second-order valence-electron chi connectivity index (χ2n) is 5.33. The summed E-state index contributed by atoms with van der Waals surface area (Å²) in [5.41, 5.74) is 6.84. The van der Waals surface area contributed by atoms with Gasteiger partial charge in [-0.3, -0.25) is 0 Å². The fraction of sp³-hybridized carbons (Fsp3) is 1.00. The minimum absolute atomic E-state index is 0.0825. The van der Waals surface area contributed by atoms with Crippen molar-refractivity contribution in [2.75, 3.05) is 19.6 Å². The highest BCUT2D eigenvalue weighted by atomic mass is 28.2. The zero-order valence-electron chi connectivity index (χ0n) is 13.5. The van der Waals surface area contributed by atoms with Crippen LogP contribution in [0.5, 0.6) is 0 Å². The summed E-state index contributed by atoms with van der Waals surface area (Å²) in [6.45, 7) is 14.6. The smallest absolute Gasteiger partial charge is 0.0756 e. The van der Waals surface area contributed by atoms with Crippen molar-refractivity contribution in [3.63, 3.8) is 0 Å². The van der Waals surface area contributed by atoms with E-state index in [1.807, 2.05) is 0 Å². The van der Waals surface area contributed by atoms with Crippen molar-refractivity contribution in [3.8, 4) is 0 Å². The monoisotopic (exact) mass is 273 g/mol. The molecule has 1 unspecified atom stereocenters. The lowest BCUT2D eigenvalue weighted by Crippen LogP contribution is -2.67. The van der Waals surface area contributed by atoms with Crippen molar-refractivity contribution >= 4 is 10.4 Å². The number of nitrogens with zero attached hydrogens (tertiary/aromatic N) is 1. The molecular formula is C14H35N3Si. The maximum Gasteiger partial charge on any atom is 0.0756 e. The van der Waals surface area contributed by atoms with Crippen LogP contribution >= 0.6 is 0 Å². The quantitative estimate of drug-likeness (QED) is 0.589. The second-order valence-corrected chi connectivity index (χ2v) is 5.83. The summed E-state index contributed by atoms with van der Waals surface area (Å²) in [4.78, 5) is 6.13. The Hall–Kier alpha value is 0.0969. The van der Waals surface area contributed by atoms with Crippen molar-refractivity contribution in [2.24, 2.45) is 5.73 Å². The van der Waals surface area contributed by atoms with Crippen LogP contribution in [0, 0.1) is 0 Å². The molecule has 0 saturated carbocycles. The lowest BCUT2D eigenvalue weighted by atomic mass is 9.70. The van der Waals surface area contributed by atoms with Gasteiger partial charge < -0.3 is 15.6 Å². The van der Waals surface area contributed by atoms with Crippen molar-refractivity contribution in [1.82, 2.24) is 9.88 Å². The Morgan fingerprint density at radius 1 is 1.00 bits per heavy atom. The molecular weight excluding hydrogens is 238 g/mol. The molecule has 4 heteroatoms. The van der Waals surface area contributed by atoms with E-state index < -0.39 is 0 Å². The highest BCUT2D eigenvalue weighted by molar-refractivity contribution is 6.05. The van der Waals surface area contributed by atoms with Crippen molar-refractivity contribution < 1.29 is 0 Å². The molecule has 1 atom stereocenters.